The molecule has 0 bridgehead atoms. The molecule has 2 nitrogen and oxygen atoms in total. The van der Waals surface area contributed by atoms with Crippen LogP contribution >= 0.6 is 0 Å². The summed E-state index contributed by atoms with van der Waals surface area (Å²) >= 11 is 0. The molecule has 0 amide bonds. The zero-order chi connectivity index (χ0) is 9.35. The minimum absolute atomic E-state index is 0.294. The summed E-state index contributed by atoms with van der Waals surface area (Å²) < 4.78 is 0. The van der Waals surface area contributed by atoms with Crippen LogP contribution in [0.3, 0.4) is 0 Å². The molecule has 1 heterocycles. The quantitative estimate of drug-likeness (QED) is 0.645. The van der Waals surface area contributed by atoms with E-state index in [2.05, 4.69) is 32.6 Å². The molecular weight excluding hydrogens is 148 g/mol. The van der Waals surface area contributed by atoms with E-state index in [9.17, 15) is 0 Å². The molecule has 1 atom stereocenters. The lowest BCUT2D eigenvalue weighted by molar-refractivity contribution is 0.0724. The van der Waals surface area contributed by atoms with Crippen LogP contribution in [0.15, 0.2) is 0 Å². The van der Waals surface area contributed by atoms with Crippen molar-refractivity contribution in [3.8, 4) is 0 Å². The van der Waals surface area contributed by atoms with E-state index in [1.165, 1.54) is 6.54 Å². The zero-order valence-electron chi connectivity index (χ0n) is 8.80. The van der Waals surface area contributed by atoms with Crippen molar-refractivity contribution in [2.45, 2.75) is 46.2 Å². The Morgan fingerprint density at radius 1 is 1.42 bits per heavy atom. The highest BCUT2D eigenvalue weighted by atomic mass is 15.2. The molecule has 0 aliphatic carbocycles. The van der Waals surface area contributed by atoms with Crippen molar-refractivity contribution < 1.29 is 0 Å². The summed E-state index contributed by atoms with van der Waals surface area (Å²) in [6.07, 6.45) is 1.14. The Labute approximate surface area is 76.1 Å². The van der Waals surface area contributed by atoms with E-state index in [0.29, 0.717) is 17.5 Å². The Bertz CT molecular complexity index is 152. The summed E-state index contributed by atoms with van der Waals surface area (Å²) in [4.78, 5) is 2.52. The molecular formula is C10H22N2. The largest absolute Gasteiger partial charge is 0.327 e. The van der Waals surface area contributed by atoms with Crippen LogP contribution in [0.25, 0.3) is 0 Å². The number of nitrogens with zero attached hydrogens (tertiary/aromatic N) is 1. The van der Waals surface area contributed by atoms with Crippen LogP contribution in [0.1, 0.15) is 34.1 Å². The lowest BCUT2D eigenvalue weighted by Gasteiger charge is -2.44. The maximum absolute atomic E-state index is 6.05. The molecule has 1 unspecified atom stereocenters. The molecule has 1 rings (SSSR count). The summed E-state index contributed by atoms with van der Waals surface area (Å²) in [7, 11) is 0. The molecule has 0 aromatic rings. The van der Waals surface area contributed by atoms with Crippen molar-refractivity contribution >= 4 is 0 Å². The van der Waals surface area contributed by atoms with Crippen LogP contribution < -0.4 is 5.73 Å². The number of piperidine rings is 1. The van der Waals surface area contributed by atoms with Crippen LogP contribution in [0, 0.1) is 5.41 Å². The van der Waals surface area contributed by atoms with Crippen molar-refractivity contribution in [1.29, 1.82) is 0 Å². The third kappa shape index (κ3) is 1.99. The highest BCUT2D eigenvalue weighted by Gasteiger charge is 2.33. The first kappa shape index (κ1) is 10.0. The fourth-order valence-corrected chi connectivity index (χ4v) is 1.86. The Hall–Kier alpha value is -0.0800. The molecule has 1 fully saturated rings. The van der Waals surface area contributed by atoms with Gasteiger partial charge in [0, 0.05) is 18.6 Å². The Balaban J connectivity index is 2.57. The number of nitrogens with two attached hydrogens (primary N) is 1. The fraction of sp³-hybridized carbons (Fsp3) is 1.00. The maximum atomic E-state index is 6.05. The molecule has 72 valence electrons. The molecule has 2 N–H and O–H groups in total. The predicted octanol–water partition coefficient (Wildman–Crippen LogP) is 1.45. The van der Waals surface area contributed by atoms with E-state index in [0.717, 1.165) is 13.0 Å². The maximum Gasteiger partial charge on any atom is 0.0115 e. The van der Waals surface area contributed by atoms with Crippen molar-refractivity contribution in [2.24, 2.45) is 11.1 Å². The third-order valence-corrected chi connectivity index (χ3v) is 3.07. The van der Waals surface area contributed by atoms with Gasteiger partial charge in [0.2, 0.25) is 0 Å². The first-order valence-corrected chi connectivity index (χ1v) is 4.93. The van der Waals surface area contributed by atoms with Gasteiger partial charge in [-0.25, -0.2) is 0 Å². The van der Waals surface area contributed by atoms with E-state index < -0.39 is 0 Å². The smallest absolute Gasteiger partial charge is 0.0115 e. The van der Waals surface area contributed by atoms with Crippen molar-refractivity contribution in [1.82, 2.24) is 4.90 Å². The van der Waals surface area contributed by atoms with E-state index >= 15 is 0 Å². The molecule has 2 heteroatoms. The van der Waals surface area contributed by atoms with Gasteiger partial charge in [-0.15, -0.1) is 0 Å². The molecule has 1 saturated heterocycles. The Kier molecular flexibility index (Phi) is 2.79. The normalized spacial score (nSPS) is 31.0. The second kappa shape index (κ2) is 3.35. The Morgan fingerprint density at radius 3 is 2.42 bits per heavy atom. The third-order valence-electron chi connectivity index (χ3n) is 3.07. The molecule has 1 aliphatic heterocycles. The van der Waals surface area contributed by atoms with Gasteiger partial charge in [-0.05, 0) is 32.2 Å². The van der Waals surface area contributed by atoms with Gasteiger partial charge in [0.1, 0.15) is 0 Å². The average Bonchev–Trinajstić information content (AvgIpc) is 1.94. The van der Waals surface area contributed by atoms with Crippen molar-refractivity contribution in [3.05, 3.63) is 0 Å². The second-order valence-electron chi connectivity index (χ2n) is 4.95. The van der Waals surface area contributed by atoms with Gasteiger partial charge >= 0.3 is 0 Å². The van der Waals surface area contributed by atoms with Gasteiger partial charge in [0.25, 0.3) is 0 Å². The van der Waals surface area contributed by atoms with Crippen molar-refractivity contribution in [2.75, 3.05) is 13.1 Å². The van der Waals surface area contributed by atoms with Gasteiger partial charge in [0.05, 0.1) is 0 Å². The van der Waals surface area contributed by atoms with Gasteiger partial charge in [-0.2, -0.15) is 0 Å². The molecule has 0 aromatic carbocycles. The van der Waals surface area contributed by atoms with Crippen LogP contribution in [0.5, 0.6) is 0 Å². The average molecular weight is 170 g/mol. The van der Waals surface area contributed by atoms with Gasteiger partial charge in [0.15, 0.2) is 0 Å². The van der Waals surface area contributed by atoms with E-state index in [-0.39, 0.29) is 0 Å². The second-order valence-corrected chi connectivity index (χ2v) is 4.95. The monoisotopic (exact) mass is 170 g/mol. The highest BCUT2D eigenvalue weighted by Crippen LogP contribution is 2.28. The molecule has 1 aliphatic rings. The molecule has 0 radical (unpaired) electrons. The lowest BCUT2D eigenvalue weighted by atomic mass is 9.79. The van der Waals surface area contributed by atoms with Gasteiger partial charge in [-0.3, -0.25) is 0 Å². The number of hydrogen-bond donors (Lipinski definition) is 1. The topological polar surface area (TPSA) is 29.3 Å². The summed E-state index contributed by atoms with van der Waals surface area (Å²) in [6.45, 7) is 11.4. The molecule has 0 saturated carbocycles. The van der Waals surface area contributed by atoms with E-state index in [4.69, 9.17) is 5.73 Å². The summed E-state index contributed by atoms with van der Waals surface area (Å²) in [5.74, 6) is 0. The molecule has 12 heavy (non-hydrogen) atoms. The standard InChI is InChI=1S/C10H22N2/c1-8(2)12-6-5-9(11)10(3,4)7-12/h8-9H,5-7,11H2,1-4H3. The van der Waals surface area contributed by atoms with Gasteiger partial charge < -0.3 is 10.6 Å². The Morgan fingerprint density at radius 2 is 2.00 bits per heavy atom. The first-order valence-electron chi connectivity index (χ1n) is 4.93. The van der Waals surface area contributed by atoms with E-state index in [1.54, 1.807) is 0 Å². The summed E-state index contributed by atoms with van der Waals surface area (Å²) in [6, 6.07) is 1.05. The SMILES string of the molecule is CC(C)N1CCC(N)C(C)(C)C1. The summed E-state index contributed by atoms with van der Waals surface area (Å²) in [5, 5.41) is 0. The van der Waals surface area contributed by atoms with E-state index in [1.807, 2.05) is 0 Å². The highest BCUT2D eigenvalue weighted by molar-refractivity contribution is 4.90. The van der Waals surface area contributed by atoms with Crippen LogP contribution in [-0.4, -0.2) is 30.1 Å². The van der Waals surface area contributed by atoms with Crippen LogP contribution in [0.4, 0.5) is 0 Å². The zero-order valence-corrected chi connectivity index (χ0v) is 8.80. The van der Waals surface area contributed by atoms with Gasteiger partial charge in [-0.1, -0.05) is 13.8 Å². The minimum Gasteiger partial charge on any atom is -0.327 e. The minimum atomic E-state index is 0.294. The number of hydrogen-bond acceptors (Lipinski definition) is 2. The fourth-order valence-electron chi connectivity index (χ4n) is 1.86. The molecule has 0 aromatic heterocycles. The lowest BCUT2D eigenvalue weighted by Crippen LogP contribution is -2.54. The van der Waals surface area contributed by atoms with Crippen LogP contribution in [-0.2, 0) is 0 Å². The summed E-state index contributed by atoms with van der Waals surface area (Å²) in [5.41, 5.74) is 6.34. The van der Waals surface area contributed by atoms with Crippen molar-refractivity contribution in [3.63, 3.8) is 0 Å². The molecule has 0 spiro atoms. The first-order chi connectivity index (χ1) is 5.43. The number of likely N-dealkylation sites (tertiary alicyclic amines) is 1. The predicted molar refractivity (Wildman–Crippen MR) is 53.1 cm³/mol. The number of rotatable bonds is 1. The van der Waals surface area contributed by atoms with Crippen LogP contribution in [0.2, 0.25) is 0 Å².